The van der Waals surface area contributed by atoms with Gasteiger partial charge in [-0.2, -0.15) is 0 Å². The molecule has 0 spiro atoms. The van der Waals surface area contributed by atoms with Crippen molar-refractivity contribution >= 4 is 17.2 Å². The lowest BCUT2D eigenvalue weighted by atomic mass is 10.0. The number of hydrogen-bond donors (Lipinski definition) is 0. The molecule has 0 saturated carbocycles. The molecular formula is C18H25N3OS. The van der Waals surface area contributed by atoms with E-state index in [9.17, 15) is 4.79 Å². The Labute approximate surface area is 142 Å². The summed E-state index contributed by atoms with van der Waals surface area (Å²) in [6.07, 6.45) is 3.49. The lowest BCUT2D eigenvalue weighted by molar-refractivity contribution is -0.135. The Morgan fingerprint density at radius 1 is 1.35 bits per heavy atom. The quantitative estimate of drug-likeness (QED) is 0.854. The Balaban J connectivity index is 1.83. The van der Waals surface area contributed by atoms with E-state index < -0.39 is 0 Å². The van der Waals surface area contributed by atoms with E-state index in [1.165, 1.54) is 6.42 Å². The largest absolute Gasteiger partial charge is 0.339 e. The van der Waals surface area contributed by atoms with E-state index in [0.29, 0.717) is 12.6 Å². The first kappa shape index (κ1) is 16.2. The molecule has 0 aliphatic carbocycles. The SMILES string of the molecule is Cc1nc(-c2cc(C)n(CC(=O)N3CCCC[C@@H]3C)c2C)cs1. The number of carbonyl (C=O) groups excluding carboxylic acids is 1. The van der Waals surface area contributed by atoms with Gasteiger partial charge in [0, 0.05) is 34.9 Å². The third kappa shape index (κ3) is 3.20. The maximum Gasteiger partial charge on any atom is 0.242 e. The second kappa shape index (κ2) is 6.48. The molecule has 0 radical (unpaired) electrons. The van der Waals surface area contributed by atoms with Crippen molar-refractivity contribution in [1.82, 2.24) is 14.5 Å². The maximum atomic E-state index is 12.7. The zero-order chi connectivity index (χ0) is 16.6. The van der Waals surface area contributed by atoms with Gasteiger partial charge in [-0.15, -0.1) is 11.3 Å². The topological polar surface area (TPSA) is 38.1 Å². The van der Waals surface area contributed by atoms with Gasteiger partial charge in [0.05, 0.1) is 10.7 Å². The normalized spacial score (nSPS) is 18.4. The highest BCUT2D eigenvalue weighted by Crippen LogP contribution is 2.28. The lowest BCUT2D eigenvalue weighted by Gasteiger charge is -2.33. The monoisotopic (exact) mass is 331 g/mol. The fourth-order valence-corrected chi connectivity index (χ4v) is 4.10. The Morgan fingerprint density at radius 3 is 2.78 bits per heavy atom. The van der Waals surface area contributed by atoms with Crippen LogP contribution in [0.4, 0.5) is 0 Å². The summed E-state index contributed by atoms with van der Waals surface area (Å²) in [5.41, 5.74) is 4.42. The molecule has 0 bridgehead atoms. The first-order valence-corrected chi connectivity index (χ1v) is 9.24. The van der Waals surface area contributed by atoms with Crippen LogP contribution in [-0.4, -0.2) is 32.9 Å². The minimum atomic E-state index is 0.236. The maximum absolute atomic E-state index is 12.7. The number of carbonyl (C=O) groups is 1. The van der Waals surface area contributed by atoms with Gasteiger partial charge in [-0.3, -0.25) is 4.79 Å². The molecule has 4 nitrogen and oxygen atoms in total. The summed E-state index contributed by atoms with van der Waals surface area (Å²) in [7, 11) is 0. The van der Waals surface area contributed by atoms with Gasteiger partial charge >= 0.3 is 0 Å². The van der Waals surface area contributed by atoms with Crippen LogP contribution >= 0.6 is 11.3 Å². The van der Waals surface area contributed by atoms with Crippen molar-refractivity contribution in [3.63, 3.8) is 0 Å². The predicted molar refractivity (Wildman–Crippen MR) is 94.8 cm³/mol. The number of nitrogens with zero attached hydrogens (tertiary/aromatic N) is 3. The summed E-state index contributed by atoms with van der Waals surface area (Å²) in [5, 5.41) is 3.17. The molecule has 3 rings (SSSR count). The summed E-state index contributed by atoms with van der Waals surface area (Å²) >= 11 is 1.66. The van der Waals surface area contributed by atoms with Crippen LogP contribution in [0.25, 0.3) is 11.3 Å². The molecule has 1 atom stereocenters. The van der Waals surface area contributed by atoms with Crippen LogP contribution in [0, 0.1) is 20.8 Å². The van der Waals surface area contributed by atoms with E-state index >= 15 is 0 Å². The number of aromatic nitrogens is 2. The van der Waals surface area contributed by atoms with Gasteiger partial charge in [-0.1, -0.05) is 0 Å². The third-order valence-electron chi connectivity index (χ3n) is 4.89. The number of rotatable bonds is 3. The molecule has 5 heteroatoms. The molecule has 2 aromatic heterocycles. The van der Waals surface area contributed by atoms with Crippen LogP contribution in [-0.2, 0) is 11.3 Å². The van der Waals surface area contributed by atoms with E-state index in [-0.39, 0.29) is 5.91 Å². The second-order valence-electron chi connectivity index (χ2n) is 6.55. The van der Waals surface area contributed by atoms with Crippen molar-refractivity contribution in [2.75, 3.05) is 6.54 Å². The summed E-state index contributed by atoms with van der Waals surface area (Å²) < 4.78 is 2.13. The Morgan fingerprint density at radius 2 is 2.13 bits per heavy atom. The van der Waals surface area contributed by atoms with Crippen molar-refractivity contribution in [3.05, 3.63) is 27.8 Å². The first-order chi connectivity index (χ1) is 11.0. The average Bonchev–Trinajstić information content (AvgIpc) is 3.06. The van der Waals surface area contributed by atoms with Gasteiger partial charge in [0.2, 0.25) is 5.91 Å². The molecule has 23 heavy (non-hydrogen) atoms. The number of amides is 1. The smallest absolute Gasteiger partial charge is 0.242 e. The van der Waals surface area contributed by atoms with Crippen molar-refractivity contribution in [2.24, 2.45) is 0 Å². The minimum absolute atomic E-state index is 0.236. The molecule has 3 heterocycles. The van der Waals surface area contributed by atoms with Crippen LogP contribution in [0.15, 0.2) is 11.4 Å². The highest BCUT2D eigenvalue weighted by Gasteiger charge is 2.24. The Kier molecular flexibility index (Phi) is 4.57. The van der Waals surface area contributed by atoms with Crippen molar-refractivity contribution < 1.29 is 4.79 Å². The number of hydrogen-bond acceptors (Lipinski definition) is 3. The van der Waals surface area contributed by atoms with Crippen LogP contribution in [0.2, 0.25) is 0 Å². The highest BCUT2D eigenvalue weighted by molar-refractivity contribution is 7.09. The number of piperidine rings is 1. The van der Waals surface area contributed by atoms with Crippen LogP contribution in [0.3, 0.4) is 0 Å². The summed E-state index contributed by atoms with van der Waals surface area (Å²) in [6.45, 7) is 9.68. The second-order valence-corrected chi connectivity index (χ2v) is 7.62. The molecule has 1 amide bonds. The first-order valence-electron chi connectivity index (χ1n) is 8.36. The average molecular weight is 331 g/mol. The molecule has 2 aromatic rings. The number of likely N-dealkylation sites (tertiary alicyclic amines) is 1. The third-order valence-corrected chi connectivity index (χ3v) is 5.66. The van der Waals surface area contributed by atoms with Gasteiger partial charge in [0.1, 0.15) is 6.54 Å². The van der Waals surface area contributed by atoms with E-state index in [0.717, 1.165) is 47.0 Å². The highest BCUT2D eigenvalue weighted by atomic mass is 32.1. The van der Waals surface area contributed by atoms with E-state index in [1.807, 2.05) is 6.92 Å². The van der Waals surface area contributed by atoms with Gasteiger partial charge in [-0.25, -0.2) is 4.98 Å². The predicted octanol–water partition coefficient (Wildman–Crippen LogP) is 3.94. The lowest BCUT2D eigenvalue weighted by Crippen LogP contribution is -2.43. The molecule has 0 unspecified atom stereocenters. The number of aryl methyl sites for hydroxylation is 2. The van der Waals surface area contributed by atoms with Crippen LogP contribution in [0.1, 0.15) is 42.6 Å². The fourth-order valence-electron chi connectivity index (χ4n) is 3.49. The molecule has 124 valence electrons. The zero-order valence-electron chi connectivity index (χ0n) is 14.4. The molecule has 1 aliphatic rings. The Hall–Kier alpha value is -1.62. The molecular weight excluding hydrogens is 306 g/mol. The summed E-state index contributed by atoms with van der Waals surface area (Å²) in [5.74, 6) is 0.236. The van der Waals surface area contributed by atoms with Crippen LogP contribution < -0.4 is 0 Å². The van der Waals surface area contributed by atoms with Gasteiger partial charge in [0.15, 0.2) is 0 Å². The van der Waals surface area contributed by atoms with Gasteiger partial charge < -0.3 is 9.47 Å². The molecule has 0 N–H and O–H groups in total. The summed E-state index contributed by atoms with van der Waals surface area (Å²) in [6, 6.07) is 2.52. The molecule has 1 saturated heterocycles. The van der Waals surface area contributed by atoms with Crippen LogP contribution in [0.5, 0.6) is 0 Å². The molecule has 0 aromatic carbocycles. The molecule has 1 aliphatic heterocycles. The van der Waals surface area contributed by atoms with Crippen molar-refractivity contribution in [3.8, 4) is 11.3 Å². The van der Waals surface area contributed by atoms with E-state index in [2.05, 4.69) is 46.7 Å². The number of thiazole rings is 1. The van der Waals surface area contributed by atoms with E-state index in [4.69, 9.17) is 0 Å². The van der Waals surface area contributed by atoms with E-state index in [1.54, 1.807) is 11.3 Å². The van der Waals surface area contributed by atoms with Crippen molar-refractivity contribution in [1.29, 1.82) is 0 Å². The molecule has 1 fully saturated rings. The summed E-state index contributed by atoms with van der Waals surface area (Å²) in [4.78, 5) is 19.4. The van der Waals surface area contributed by atoms with Gasteiger partial charge in [0.25, 0.3) is 0 Å². The zero-order valence-corrected chi connectivity index (χ0v) is 15.2. The van der Waals surface area contributed by atoms with Crippen molar-refractivity contribution in [2.45, 2.75) is 59.5 Å². The standard InChI is InChI=1S/C18H25N3OS/c1-12-7-5-6-8-20(12)18(22)10-21-13(2)9-16(14(21)3)17-11-23-15(4)19-17/h9,11-12H,5-8,10H2,1-4H3/t12-/m0/s1. The fraction of sp³-hybridized carbons (Fsp3) is 0.556. The Bertz CT molecular complexity index is 716. The minimum Gasteiger partial charge on any atom is -0.339 e. The van der Waals surface area contributed by atoms with Gasteiger partial charge in [-0.05, 0) is 53.0 Å².